The van der Waals surface area contributed by atoms with Crippen LogP contribution in [0.4, 0.5) is 10.1 Å². The molecule has 22 heavy (non-hydrogen) atoms. The van der Waals surface area contributed by atoms with Crippen molar-refractivity contribution in [2.45, 2.75) is 45.1 Å². The Morgan fingerprint density at radius 2 is 1.95 bits per heavy atom. The topological polar surface area (TPSA) is 64.0 Å². The lowest BCUT2D eigenvalue weighted by molar-refractivity contribution is 0.454. The first kappa shape index (κ1) is 16.5. The number of aryl methyl sites for hydroxylation is 2. The molecular weight excluding hydrogens is 305 g/mol. The van der Waals surface area contributed by atoms with Gasteiger partial charge in [0.05, 0.1) is 11.4 Å². The van der Waals surface area contributed by atoms with E-state index < -0.39 is 20.9 Å². The average molecular weight is 325 g/mol. The molecule has 5 nitrogen and oxygen atoms in total. The fourth-order valence-electron chi connectivity index (χ4n) is 2.34. The molecule has 0 aliphatic heterocycles. The maximum Gasteiger partial charge on any atom is 0.268 e. The molecule has 120 valence electrons. The fourth-order valence-corrected chi connectivity index (χ4v) is 3.68. The summed E-state index contributed by atoms with van der Waals surface area (Å²) in [6.45, 7) is 7.39. The van der Waals surface area contributed by atoms with E-state index in [2.05, 4.69) is 9.82 Å². The maximum absolute atomic E-state index is 14.2. The van der Waals surface area contributed by atoms with Gasteiger partial charge in [-0.1, -0.05) is 32.0 Å². The molecule has 0 radical (unpaired) electrons. The number of para-hydroxylation sites is 1. The van der Waals surface area contributed by atoms with Crippen molar-refractivity contribution in [3.05, 3.63) is 41.5 Å². The van der Waals surface area contributed by atoms with Crippen LogP contribution in [0.25, 0.3) is 0 Å². The van der Waals surface area contributed by atoms with Gasteiger partial charge in [-0.05, 0) is 31.4 Å². The quantitative estimate of drug-likeness (QED) is 0.917. The predicted molar refractivity (Wildman–Crippen MR) is 83.9 cm³/mol. The van der Waals surface area contributed by atoms with E-state index >= 15 is 0 Å². The Morgan fingerprint density at radius 1 is 1.32 bits per heavy atom. The van der Waals surface area contributed by atoms with Crippen molar-refractivity contribution in [1.82, 2.24) is 9.78 Å². The van der Waals surface area contributed by atoms with E-state index in [4.69, 9.17) is 0 Å². The molecule has 0 fully saturated rings. The van der Waals surface area contributed by atoms with E-state index in [-0.39, 0.29) is 18.2 Å². The lowest BCUT2D eigenvalue weighted by atomic mass is 10.0. The number of nitrogens with one attached hydrogen (secondary N) is 1. The van der Waals surface area contributed by atoms with Crippen LogP contribution in [-0.4, -0.2) is 18.2 Å². The largest absolute Gasteiger partial charge is 0.279 e. The van der Waals surface area contributed by atoms with E-state index in [1.165, 1.54) is 6.92 Å². The summed E-state index contributed by atoms with van der Waals surface area (Å²) in [5, 5.41) is 3.92. The molecule has 0 unspecified atom stereocenters. The van der Waals surface area contributed by atoms with Crippen LogP contribution in [-0.2, 0) is 16.6 Å². The van der Waals surface area contributed by atoms with Crippen molar-refractivity contribution in [3.8, 4) is 0 Å². The van der Waals surface area contributed by atoms with Crippen molar-refractivity contribution < 1.29 is 12.8 Å². The highest BCUT2D eigenvalue weighted by atomic mass is 32.2. The molecule has 0 aliphatic rings. The zero-order valence-electron chi connectivity index (χ0n) is 13.1. The number of anilines is 1. The first-order chi connectivity index (χ1) is 10.3. The lowest BCUT2D eigenvalue weighted by Gasteiger charge is -2.14. The van der Waals surface area contributed by atoms with Crippen molar-refractivity contribution in [2.75, 3.05) is 4.72 Å². The van der Waals surface area contributed by atoms with Gasteiger partial charge in [0.1, 0.15) is 0 Å². The molecular formula is C15H20FN3O2S. The second-order valence-corrected chi connectivity index (χ2v) is 6.99. The van der Waals surface area contributed by atoms with Crippen molar-refractivity contribution >= 4 is 15.7 Å². The zero-order valence-corrected chi connectivity index (χ0v) is 13.9. The third-order valence-corrected chi connectivity index (χ3v) is 4.90. The third-order valence-electron chi connectivity index (χ3n) is 3.41. The molecule has 1 heterocycles. The standard InChI is InChI=1S/C15H20FN3O2S/c1-5-19-15(16)14(11(4)17-19)22(20,21)18-13-9-7-6-8-12(13)10(2)3/h6-10,18H,5H2,1-4H3. The van der Waals surface area contributed by atoms with Crippen LogP contribution < -0.4 is 4.72 Å². The van der Waals surface area contributed by atoms with Crippen LogP contribution in [0.2, 0.25) is 0 Å². The van der Waals surface area contributed by atoms with Crippen LogP contribution in [0.1, 0.15) is 37.9 Å². The molecule has 0 amide bonds. The molecule has 2 rings (SSSR count). The summed E-state index contributed by atoms with van der Waals surface area (Å²) in [7, 11) is -4.03. The van der Waals surface area contributed by atoms with Crippen LogP contribution in [0.5, 0.6) is 0 Å². The van der Waals surface area contributed by atoms with Gasteiger partial charge in [0, 0.05) is 6.54 Å². The minimum Gasteiger partial charge on any atom is -0.279 e. The van der Waals surface area contributed by atoms with Gasteiger partial charge in [-0.2, -0.15) is 9.49 Å². The van der Waals surface area contributed by atoms with E-state index in [0.29, 0.717) is 5.69 Å². The second kappa shape index (κ2) is 6.08. The van der Waals surface area contributed by atoms with Crippen LogP contribution in [0, 0.1) is 12.9 Å². The highest BCUT2D eigenvalue weighted by Gasteiger charge is 2.27. The normalized spacial score (nSPS) is 11.9. The van der Waals surface area contributed by atoms with Gasteiger partial charge < -0.3 is 0 Å². The summed E-state index contributed by atoms with van der Waals surface area (Å²) in [6.07, 6.45) is 0. The Bertz CT molecular complexity index is 782. The molecule has 0 saturated carbocycles. The van der Waals surface area contributed by atoms with Gasteiger partial charge in [0.2, 0.25) is 5.95 Å². The number of hydrogen-bond acceptors (Lipinski definition) is 3. The van der Waals surface area contributed by atoms with Crippen molar-refractivity contribution in [3.63, 3.8) is 0 Å². The number of hydrogen-bond donors (Lipinski definition) is 1. The molecule has 0 spiro atoms. The Kier molecular flexibility index (Phi) is 4.55. The smallest absolute Gasteiger partial charge is 0.268 e. The van der Waals surface area contributed by atoms with E-state index in [9.17, 15) is 12.8 Å². The van der Waals surface area contributed by atoms with Gasteiger partial charge in [-0.3, -0.25) is 4.72 Å². The third kappa shape index (κ3) is 2.99. The van der Waals surface area contributed by atoms with E-state index in [1.54, 1.807) is 19.1 Å². The molecule has 1 aromatic carbocycles. The summed E-state index contributed by atoms with van der Waals surface area (Å²) >= 11 is 0. The lowest BCUT2D eigenvalue weighted by Crippen LogP contribution is -2.16. The Morgan fingerprint density at radius 3 is 2.50 bits per heavy atom. The fraction of sp³-hybridized carbons (Fsp3) is 0.400. The minimum absolute atomic E-state index is 0.142. The highest BCUT2D eigenvalue weighted by Crippen LogP contribution is 2.27. The summed E-state index contributed by atoms with van der Waals surface area (Å²) in [5.41, 5.74) is 1.46. The zero-order chi connectivity index (χ0) is 16.5. The number of nitrogens with zero attached hydrogens (tertiary/aromatic N) is 2. The summed E-state index contributed by atoms with van der Waals surface area (Å²) in [4.78, 5) is -0.395. The second-order valence-electron chi connectivity index (χ2n) is 5.37. The Labute approximate surface area is 130 Å². The Balaban J connectivity index is 2.48. The van der Waals surface area contributed by atoms with Crippen molar-refractivity contribution in [2.24, 2.45) is 0 Å². The first-order valence-corrected chi connectivity index (χ1v) is 8.61. The summed E-state index contributed by atoms with van der Waals surface area (Å²) in [5.74, 6) is -0.697. The number of aromatic nitrogens is 2. The Hall–Kier alpha value is -1.89. The molecule has 1 aromatic heterocycles. The number of benzene rings is 1. The first-order valence-electron chi connectivity index (χ1n) is 7.12. The van der Waals surface area contributed by atoms with Gasteiger partial charge >= 0.3 is 0 Å². The predicted octanol–water partition coefficient (Wildman–Crippen LogP) is 3.27. The monoisotopic (exact) mass is 325 g/mol. The number of halogens is 1. The molecule has 0 saturated heterocycles. The number of rotatable bonds is 5. The van der Waals surface area contributed by atoms with Crippen LogP contribution in [0.3, 0.4) is 0 Å². The van der Waals surface area contributed by atoms with Crippen LogP contribution >= 0.6 is 0 Å². The van der Waals surface area contributed by atoms with E-state index in [1.807, 2.05) is 26.0 Å². The van der Waals surface area contributed by atoms with Gasteiger partial charge in [-0.15, -0.1) is 0 Å². The maximum atomic E-state index is 14.2. The summed E-state index contributed by atoms with van der Waals surface area (Å²) in [6, 6.07) is 7.10. The molecule has 1 N–H and O–H groups in total. The van der Waals surface area contributed by atoms with Gasteiger partial charge in [0.25, 0.3) is 10.0 Å². The van der Waals surface area contributed by atoms with Gasteiger partial charge in [0.15, 0.2) is 4.90 Å². The number of sulfonamides is 1. The molecule has 7 heteroatoms. The molecule has 2 aromatic rings. The molecule has 0 atom stereocenters. The SMILES string of the molecule is CCn1nc(C)c(S(=O)(=O)Nc2ccccc2C(C)C)c1F. The highest BCUT2D eigenvalue weighted by molar-refractivity contribution is 7.92. The molecule has 0 aliphatic carbocycles. The van der Waals surface area contributed by atoms with Crippen LogP contribution in [0.15, 0.2) is 29.2 Å². The van der Waals surface area contributed by atoms with Gasteiger partial charge in [-0.25, -0.2) is 13.1 Å². The van der Waals surface area contributed by atoms with Crippen molar-refractivity contribution in [1.29, 1.82) is 0 Å². The minimum atomic E-state index is -4.03. The molecule has 0 bridgehead atoms. The summed E-state index contributed by atoms with van der Waals surface area (Å²) < 4.78 is 42.8. The van der Waals surface area contributed by atoms with E-state index in [0.717, 1.165) is 10.2 Å². The average Bonchev–Trinajstić information content (AvgIpc) is 2.73.